The molecule has 0 bridgehead atoms. The molecule has 2 rings (SSSR count). The van der Waals surface area contributed by atoms with E-state index in [0.29, 0.717) is 5.56 Å². The molecule has 4 heteroatoms. The largest absolute Gasteiger partial charge is 0.461 e. The van der Waals surface area contributed by atoms with Crippen molar-refractivity contribution in [3.8, 4) is 0 Å². The van der Waals surface area contributed by atoms with Crippen LogP contribution in [0.3, 0.4) is 0 Å². The van der Waals surface area contributed by atoms with Crippen LogP contribution in [0.5, 0.6) is 0 Å². The predicted octanol–water partition coefficient (Wildman–Crippen LogP) is 3.11. The molecule has 0 fully saturated rings. The van der Waals surface area contributed by atoms with Crippen molar-refractivity contribution < 1.29 is 13.9 Å². The lowest BCUT2D eigenvalue weighted by atomic mass is 10.1. The summed E-state index contributed by atoms with van der Waals surface area (Å²) in [6.07, 6.45) is 2.64. The second kappa shape index (κ2) is 5.40. The molecular formula is C14H12FNO2. The van der Waals surface area contributed by atoms with Crippen molar-refractivity contribution in [3.63, 3.8) is 0 Å². The highest BCUT2D eigenvalue weighted by atomic mass is 19.1. The highest BCUT2D eigenvalue weighted by Gasteiger charge is 2.09. The molecule has 0 saturated heterocycles. The molecule has 1 aromatic carbocycles. The van der Waals surface area contributed by atoms with Gasteiger partial charge in [0.05, 0.1) is 12.1 Å². The number of carbonyl (C=O) groups excluding carboxylic acids is 1. The number of fused-ring (bicyclic) bond motifs is 1. The van der Waals surface area contributed by atoms with Gasteiger partial charge in [0, 0.05) is 11.6 Å². The smallest absolute Gasteiger partial charge is 0.367 e. The minimum absolute atomic E-state index is 0.149. The van der Waals surface area contributed by atoms with Crippen LogP contribution in [-0.2, 0) is 9.53 Å². The van der Waals surface area contributed by atoms with Gasteiger partial charge in [-0.2, -0.15) is 4.39 Å². The molecule has 0 amide bonds. The van der Waals surface area contributed by atoms with Gasteiger partial charge in [0.2, 0.25) is 5.83 Å². The van der Waals surface area contributed by atoms with Crippen LogP contribution in [-0.4, -0.2) is 17.6 Å². The van der Waals surface area contributed by atoms with Crippen LogP contribution in [0, 0.1) is 0 Å². The van der Waals surface area contributed by atoms with Gasteiger partial charge in [0.15, 0.2) is 0 Å². The number of aromatic nitrogens is 1. The van der Waals surface area contributed by atoms with Crippen LogP contribution < -0.4 is 0 Å². The fourth-order valence-corrected chi connectivity index (χ4v) is 1.57. The summed E-state index contributed by atoms with van der Waals surface area (Å²) in [4.78, 5) is 15.3. The van der Waals surface area contributed by atoms with Crippen molar-refractivity contribution in [2.75, 3.05) is 6.61 Å². The first-order valence-electron chi connectivity index (χ1n) is 5.60. The molecule has 0 unspecified atom stereocenters. The third kappa shape index (κ3) is 2.71. The molecule has 3 nitrogen and oxygen atoms in total. The number of carbonyl (C=O) groups is 1. The van der Waals surface area contributed by atoms with E-state index in [1.807, 2.05) is 24.3 Å². The molecule has 18 heavy (non-hydrogen) atoms. The summed E-state index contributed by atoms with van der Waals surface area (Å²) < 4.78 is 18.0. The monoisotopic (exact) mass is 245 g/mol. The first-order valence-corrected chi connectivity index (χ1v) is 5.60. The number of hydrogen-bond acceptors (Lipinski definition) is 3. The Balaban J connectivity index is 2.31. The number of rotatable bonds is 3. The zero-order valence-electron chi connectivity index (χ0n) is 9.89. The fourth-order valence-electron chi connectivity index (χ4n) is 1.57. The van der Waals surface area contributed by atoms with Gasteiger partial charge in [0.25, 0.3) is 0 Å². The van der Waals surface area contributed by atoms with Crippen LogP contribution >= 0.6 is 0 Å². The van der Waals surface area contributed by atoms with Crippen LogP contribution in [0.1, 0.15) is 12.5 Å². The van der Waals surface area contributed by atoms with Gasteiger partial charge in [0.1, 0.15) is 0 Å². The minimum atomic E-state index is -0.953. The molecule has 0 aliphatic heterocycles. The molecule has 0 atom stereocenters. The summed E-state index contributed by atoms with van der Waals surface area (Å²) in [6, 6.07) is 9.26. The molecule has 1 aromatic heterocycles. The van der Waals surface area contributed by atoms with Gasteiger partial charge < -0.3 is 4.74 Å². The summed E-state index contributed by atoms with van der Waals surface area (Å²) in [6.45, 7) is 1.78. The Morgan fingerprint density at radius 1 is 1.44 bits per heavy atom. The first kappa shape index (κ1) is 12.2. The second-order valence-corrected chi connectivity index (χ2v) is 3.67. The zero-order chi connectivity index (χ0) is 13.0. The van der Waals surface area contributed by atoms with Gasteiger partial charge in [-0.15, -0.1) is 0 Å². The molecular weight excluding hydrogens is 233 g/mol. The van der Waals surface area contributed by atoms with E-state index in [4.69, 9.17) is 0 Å². The number of halogens is 1. The molecule has 0 N–H and O–H groups in total. The van der Waals surface area contributed by atoms with E-state index in [-0.39, 0.29) is 6.61 Å². The quantitative estimate of drug-likeness (QED) is 0.616. The third-order valence-corrected chi connectivity index (χ3v) is 2.38. The van der Waals surface area contributed by atoms with Gasteiger partial charge in [-0.1, -0.05) is 18.2 Å². The zero-order valence-corrected chi connectivity index (χ0v) is 9.89. The van der Waals surface area contributed by atoms with Crippen molar-refractivity contribution in [2.45, 2.75) is 6.92 Å². The van der Waals surface area contributed by atoms with Gasteiger partial charge in [-0.25, -0.2) is 4.79 Å². The summed E-state index contributed by atoms with van der Waals surface area (Å²) >= 11 is 0. The molecule has 0 spiro atoms. The molecule has 1 heterocycles. The van der Waals surface area contributed by atoms with Crippen LogP contribution in [0.25, 0.3) is 17.0 Å². The minimum Gasteiger partial charge on any atom is -0.461 e. The van der Waals surface area contributed by atoms with Crippen molar-refractivity contribution in [2.24, 2.45) is 0 Å². The Labute approximate surface area is 104 Å². The van der Waals surface area contributed by atoms with Crippen LogP contribution in [0.4, 0.5) is 4.39 Å². The van der Waals surface area contributed by atoms with Crippen LogP contribution in [0.2, 0.25) is 0 Å². The lowest BCUT2D eigenvalue weighted by Crippen LogP contribution is -2.03. The number of ether oxygens (including phenoxy) is 1. The van der Waals surface area contributed by atoms with E-state index < -0.39 is 11.8 Å². The van der Waals surface area contributed by atoms with E-state index in [2.05, 4.69) is 9.72 Å². The number of benzene rings is 1. The maximum absolute atomic E-state index is 13.4. The average Bonchev–Trinajstić information content (AvgIpc) is 2.39. The standard InChI is InChI=1S/C14H12FNO2/c1-2-18-14(17)12(15)8-10-7-11-5-3-4-6-13(11)16-9-10/h3-9H,2H2,1H3/b12-8-. The highest BCUT2D eigenvalue weighted by molar-refractivity contribution is 5.92. The lowest BCUT2D eigenvalue weighted by Gasteiger charge is -2.00. The number of nitrogens with zero attached hydrogens (tertiary/aromatic N) is 1. The highest BCUT2D eigenvalue weighted by Crippen LogP contribution is 2.15. The Bertz CT molecular complexity index is 608. The molecule has 0 aliphatic rings. The van der Waals surface area contributed by atoms with Gasteiger partial charge >= 0.3 is 5.97 Å². The normalized spacial score (nSPS) is 11.6. The maximum Gasteiger partial charge on any atom is 0.367 e. The van der Waals surface area contributed by atoms with E-state index in [1.165, 1.54) is 6.20 Å². The van der Waals surface area contributed by atoms with Crippen molar-refractivity contribution in [3.05, 3.63) is 47.9 Å². The van der Waals surface area contributed by atoms with Crippen LogP contribution in [0.15, 0.2) is 42.4 Å². The summed E-state index contributed by atoms with van der Waals surface area (Å²) in [5.41, 5.74) is 1.35. The average molecular weight is 245 g/mol. The Morgan fingerprint density at radius 2 is 2.22 bits per heavy atom. The summed E-state index contributed by atoms with van der Waals surface area (Å²) in [5, 5.41) is 0.892. The summed E-state index contributed by atoms with van der Waals surface area (Å²) in [7, 11) is 0. The Kier molecular flexibility index (Phi) is 3.67. The first-order chi connectivity index (χ1) is 8.70. The number of pyridine rings is 1. The number of hydrogen-bond donors (Lipinski definition) is 0. The third-order valence-electron chi connectivity index (χ3n) is 2.38. The number of para-hydroxylation sites is 1. The fraction of sp³-hybridized carbons (Fsp3) is 0.143. The second-order valence-electron chi connectivity index (χ2n) is 3.67. The van der Waals surface area contributed by atoms with E-state index >= 15 is 0 Å². The van der Waals surface area contributed by atoms with E-state index in [9.17, 15) is 9.18 Å². The topological polar surface area (TPSA) is 39.2 Å². The molecule has 0 aliphatic carbocycles. The van der Waals surface area contributed by atoms with Gasteiger partial charge in [-0.3, -0.25) is 4.98 Å². The van der Waals surface area contributed by atoms with Crippen molar-refractivity contribution >= 4 is 22.9 Å². The predicted molar refractivity (Wildman–Crippen MR) is 67.5 cm³/mol. The maximum atomic E-state index is 13.4. The lowest BCUT2D eigenvalue weighted by molar-refractivity contribution is -0.140. The van der Waals surface area contributed by atoms with Crippen molar-refractivity contribution in [1.82, 2.24) is 4.98 Å². The molecule has 0 saturated carbocycles. The Hall–Kier alpha value is -2.23. The van der Waals surface area contributed by atoms with E-state index in [1.54, 1.807) is 13.0 Å². The SMILES string of the molecule is CCOC(=O)/C(F)=C/c1cnc2ccccc2c1. The number of esters is 1. The molecule has 92 valence electrons. The molecule has 0 radical (unpaired) electrons. The van der Waals surface area contributed by atoms with Gasteiger partial charge in [-0.05, 0) is 30.7 Å². The van der Waals surface area contributed by atoms with Crippen molar-refractivity contribution in [1.29, 1.82) is 0 Å². The summed E-state index contributed by atoms with van der Waals surface area (Å²) in [5.74, 6) is -1.88. The molecule has 2 aromatic rings. The Morgan fingerprint density at radius 3 is 3.00 bits per heavy atom. The van der Waals surface area contributed by atoms with E-state index in [0.717, 1.165) is 17.0 Å².